The number of benzene rings is 1. The molecule has 140 valence electrons. The third kappa shape index (κ3) is 3.15. The Balaban J connectivity index is 1.43. The maximum absolute atomic E-state index is 4.65. The van der Waals surface area contributed by atoms with E-state index in [1.807, 2.05) is 24.5 Å². The maximum atomic E-state index is 4.65. The molecule has 1 aromatic carbocycles. The van der Waals surface area contributed by atoms with Crippen molar-refractivity contribution < 1.29 is 0 Å². The summed E-state index contributed by atoms with van der Waals surface area (Å²) >= 11 is 0. The van der Waals surface area contributed by atoms with Crippen LogP contribution in [0.15, 0.2) is 78.4 Å². The average molecular weight is 368 g/mol. The lowest BCUT2D eigenvalue weighted by atomic mass is 10.0. The Labute approximate surface area is 165 Å². The van der Waals surface area contributed by atoms with E-state index in [0.717, 1.165) is 38.1 Å². The molecule has 0 radical (unpaired) electrons. The third-order valence-corrected chi connectivity index (χ3v) is 5.63. The van der Waals surface area contributed by atoms with Gasteiger partial charge in [-0.3, -0.25) is 9.97 Å². The number of pyridine rings is 2. The summed E-state index contributed by atoms with van der Waals surface area (Å²) < 4.78 is 0. The van der Waals surface area contributed by atoms with Crippen molar-refractivity contribution in [2.75, 3.05) is 13.1 Å². The van der Waals surface area contributed by atoms with Crippen LogP contribution in [-0.4, -0.2) is 32.9 Å². The fourth-order valence-electron chi connectivity index (χ4n) is 4.33. The molecule has 0 saturated carbocycles. The van der Waals surface area contributed by atoms with Crippen molar-refractivity contribution in [3.05, 3.63) is 95.2 Å². The fraction of sp³-hybridized carbons (Fsp3) is 0.250. The molecule has 0 bridgehead atoms. The Morgan fingerprint density at radius 2 is 2.00 bits per heavy atom. The molecule has 0 aliphatic carbocycles. The number of rotatable bonds is 3. The monoisotopic (exact) mass is 368 g/mol. The highest BCUT2D eigenvalue weighted by atomic mass is 15.3. The Morgan fingerprint density at radius 3 is 2.96 bits per heavy atom. The van der Waals surface area contributed by atoms with Crippen molar-refractivity contribution in [2.45, 2.75) is 26.4 Å². The first-order valence-electron chi connectivity index (χ1n) is 9.92. The van der Waals surface area contributed by atoms with Crippen LogP contribution in [0.1, 0.15) is 23.7 Å². The van der Waals surface area contributed by atoms with Gasteiger partial charge in [0.1, 0.15) is 5.82 Å². The predicted octanol–water partition coefficient (Wildman–Crippen LogP) is 4.29. The van der Waals surface area contributed by atoms with Gasteiger partial charge in [0.05, 0.1) is 5.52 Å². The van der Waals surface area contributed by atoms with Gasteiger partial charge in [-0.05, 0) is 41.8 Å². The number of fused-ring (bicyclic) bond motifs is 2. The molecule has 2 aromatic heterocycles. The highest BCUT2D eigenvalue weighted by Crippen LogP contribution is 2.28. The first-order chi connectivity index (χ1) is 13.8. The smallest absolute Gasteiger partial charge is 0.108 e. The summed E-state index contributed by atoms with van der Waals surface area (Å²) in [5.41, 5.74) is 6.21. The van der Waals surface area contributed by atoms with Gasteiger partial charge in [0.25, 0.3) is 0 Å². The van der Waals surface area contributed by atoms with E-state index in [1.54, 1.807) is 0 Å². The summed E-state index contributed by atoms with van der Waals surface area (Å²) in [5.74, 6) is 1.34. The Kier molecular flexibility index (Phi) is 4.32. The minimum atomic E-state index is 0.866. The first-order valence-corrected chi connectivity index (χ1v) is 9.92. The molecule has 2 aliphatic heterocycles. The van der Waals surface area contributed by atoms with Crippen LogP contribution in [0.2, 0.25) is 0 Å². The number of nitrogens with zero attached hydrogens (tertiary/aromatic N) is 4. The number of hydrogen-bond acceptors (Lipinski definition) is 4. The molecule has 28 heavy (non-hydrogen) atoms. The van der Waals surface area contributed by atoms with E-state index in [1.165, 1.54) is 33.6 Å². The lowest BCUT2D eigenvalue weighted by molar-refractivity contribution is 0.196. The molecule has 0 fully saturated rings. The number of allylic oxidation sites excluding steroid dienone is 2. The van der Waals surface area contributed by atoms with Crippen LogP contribution in [0, 0.1) is 0 Å². The van der Waals surface area contributed by atoms with Crippen molar-refractivity contribution in [1.29, 1.82) is 0 Å². The van der Waals surface area contributed by atoms with E-state index in [2.05, 4.69) is 69.2 Å². The second-order valence-electron chi connectivity index (χ2n) is 7.61. The van der Waals surface area contributed by atoms with Gasteiger partial charge < -0.3 is 9.80 Å². The molecule has 0 unspecified atom stereocenters. The highest BCUT2D eigenvalue weighted by Gasteiger charge is 2.25. The SMILES string of the molecule is CC1=C(N2CCc3ncccc3C2)N(Cc2cnc3ccccc3c2)CC=C1. The van der Waals surface area contributed by atoms with E-state index < -0.39 is 0 Å². The van der Waals surface area contributed by atoms with Crippen molar-refractivity contribution in [1.82, 2.24) is 19.8 Å². The number of hydrogen-bond donors (Lipinski definition) is 0. The zero-order valence-corrected chi connectivity index (χ0v) is 16.2. The van der Waals surface area contributed by atoms with E-state index in [0.29, 0.717) is 0 Å². The topological polar surface area (TPSA) is 32.3 Å². The van der Waals surface area contributed by atoms with Crippen LogP contribution >= 0.6 is 0 Å². The summed E-state index contributed by atoms with van der Waals surface area (Å²) in [6.07, 6.45) is 9.43. The standard InChI is InChI=1S/C24H24N4/c1-18-6-5-12-27(16-19-14-20-7-2-3-9-22(20)26-15-19)24(18)28-13-10-23-21(17-28)8-4-11-25-23/h2-9,11,14-15H,10,12-13,16-17H2,1H3. The van der Waals surface area contributed by atoms with Gasteiger partial charge in [0.2, 0.25) is 0 Å². The summed E-state index contributed by atoms with van der Waals surface area (Å²) in [6.45, 7) is 5.95. The third-order valence-electron chi connectivity index (χ3n) is 5.63. The lowest BCUT2D eigenvalue weighted by Crippen LogP contribution is -2.40. The van der Waals surface area contributed by atoms with Crippen LogP contribution in [0.25, 0.3) is 10.9 Å². The Morgan fingerprint density at radius 1 is 1.07 bits per heavy atom. The molecule has 0 amide bonds. The van der Waals surface area contributed by atoms with Gasteiger partial charge in [-0.1, -0.05) is 36.4 Å². The molecule has 0 atom stereocenters. The van der Waals surface area contributed by atoms with Gasteiger partial charge >= 0.3 is 0 Å². The van der Waals surface area contributed by atoms with Crippen LogP contribution in [-0.2, 0) is 19.5 Å². The van der Waals surface area contributed by atoms with Gasteiger partial charge in [0.15, 0.2) is 0 Å². The summed E-state index contributed by atoms with van der Waals surface area (Å²) in [6, 6.07) is 14.8. The average Bonchev–Trinajstić information content (AvgIpc) is 2.73. The predicted molar refractivity (Wildman–Crippen MR) is 112 cm³/mol. The van der Waals surface area contributed by atoms with Crippen molar-refractivity contribution in [3.8, 4) is 0 Å². The molecule has 0 spiro atoms. The largest absolute Gasteiger partial charge is 0.353 e. The van der Waals surface area contributed by atoms with Crippen LogP contribution in [0.5, 0.6) is 0 Å². The Hall–Kier alpha value is -3.14. The summed E-state index contributed by atoms with van der Waals surface area (Å²) in [5, 5.41) is 1.20. The molecular weight excluding hydrogens is 344 g/mol. The van der Waals surface area contributed by atoms with Gasteiger partial charge in [-0.25, -0.2) is 0 Å². The van der Waals surface area contributed by atoms with Crippen LogP contribution in [0.4, 0.5) is 0 Å². The van der Waals surface area contributed by atoms with E-state index >= 15 is 0 Å². The van der Waals surface area contributed by atoms with Gasteiger partial charge in [0, 0.05) is 56.1 Å². The minimum Gasteiger partial charge on any atom is -0.353 e. The van der Waals surface area contributed by atoms with E-state index in [4.69, 9.17) is 0 Å². The molecule has 4 nitrogen and oxygen atoms in total. The van der Waals surface area contributed by atoms with E-state index in [9.17, 15) is 0 Å². The second kappa shape index (κ2) is 7.12. The lowest BCUT2D eigenvalue weighted by Gasteiger charge is -2.40. The minimum absolute atomic E-state index is 0.866. The van der Waals surface area contributed by atoms with Crippen LogP contribution < -0.4 is 0 Å². The molecular formula is C24H24N4. The number of para-hydroxylation sites is 1. The van der Waals surface area contributed by atoms with Crippen molar-refractivity contribution in [2.24, 2.45) is 0 Å². The second-order valence-corrected chi connectivity index (χ2v) is 7.61. The molecule has 4 heterocycles. The summed E-state index contributed by atoms with van der Waals surface area (Å²) in [7, 11) is 0. The molecule has 0 N–H and O–H groups in total. The maximum Gasteiger partial charge on any atom is 0.108 e. The molecule has 2 aliphatic rings. The normalized spacial score (nSPS) is 16.6. The molecule has 0 saturated heterocycles. The first kappa shape index (κ1) is 17.0. The van der Waals surface area contributed by atoms with Gasteiger partial charge in [-0.15, -0.1) is 0 Å². The van der Waals surface area contributed by atoms with Gasteiger partial charge in [-0.2, -0.15) is 0 Å². The molecule has 4 heteroatoms. The number of aromatic nitrogens is 2. The van der Waals surface area contributed by atoms with Crippen LogP contribution in [0.3, 0.4) is 0 Å². The highest BCUT2D eigenvalue weighted by molar-refractivity contribution is 5.78. The molecule has 3 aromatic rings. The zero-order valence-electron chi connectivity index (χ0n) is 16.2. The zero-order chi connectivity index (χ0) is 18.9. The van der Waals surface area contributed by atoms with Crippen molar-refractivity contribution >= 4 is 10.9 Å². The van der Waals surface area contributed by atoms with Crippen molar-refractivity contribution in [3.63, 3.8) is 0 Å². The van der Waals surface area contributed by atoms with E-state index in [-0.39, 0.29) is 0 Å². The molecule has 5 rings (SSSR count). The summed E-state index contributed by atoms with van der Waals surface area (Å²) in [4.78, 5) is 14.2. The Bertz CT molecular complexity index is 1080. The quantitative estimate of drug-likeness (QED) is 0.690. The fourth-order valence-corrected chi connectivity index (χ4v) is 4.33.